The highest BCUT2D eigenvalue weighted by Crippen LogP contribution is 2.30. The molecule has 0 aliphatic carbocycles. The standard InChI is InChI=1S/C14H9Br2FN2/c1-7-2-3-9(15)8(4-7)14-18-12-5-10(16)11(17)6-13(12)19-14/h2-6H,1H3,(H,18,19). The lowest BCUT2D eigenvalue weighted by atomic mass is 10.1. The van der Waals surface area contributed by atoms with Crippen molar-refractivity contribution >= 4 is 42.9 Å². The zero-order chi connectivity index (χ0) is 13.6. The molecule has 0 saturated heterocycles. The van der Waals surface area contributed by atoms with E-state index in [0.29, 0.717) is 9.99 Å². The van der Waals surface area contributed by atoms with E-state index in [1.54, 1.807) is 6.07 Å². The van der Waals surface area contributed by atoms with Gasteiger partial charge in [-0.3, -0.25) is 0 Å². The van der Waals surface area contributed by atoms with E-state index in [9.17, 15) is 4.39 Å². The maximum atomic E-state index is 13.5. The van der Waals surface area contributed by atoms with E-state index in [0.717, 1.165) is 26.9 Å². The van der Waals surface area contributed by atoms with E-state index in [4.69, 9.17) is 0 Å². The van der Waals surface area contributed by atoms with E-state index >= 15 is 0 Å². The first-order valence-corrected chi connectivity index (χ1v) is 7.24. The number of hydrogen-bond acceptors (Lipinski definition) is 1. The Morgan fingerprint density at radius 2 is 1.89 bits per heavy atom. The van der Waals surface area contributed by atoms with Crippen molar-refractivity contribution in [2.45, 2.75) is 6.92 Å². The largest absolute Gasteiger partial charge is 0.338 e. The third kappa shape index (κ3) is 2.32. The number of benzene rings is 2. The van der Waals surface area contributed by atoms with Crippen LogP contribution in [-0.4, -0.2) is 9.97 Å². The first-order chi connectivity index (χ1) is 9.04. The molecule has 0 aliphatic rings. The van der Waals surface area contributed by atoms with Crippen LogP contribution in [0.15, 0.2) is 39.3 Å². The van der Waals surface area contributed by atoms with E-state index < -0.39 is 0 Å². The zero-order valence-corrected chi connectivity index (χ0v) is 13.1. The number of H-pyrrole nitrogens is 1. The van der Waals surface area contributed by atoms with Crippen LogP contribution in [0.3, 0.4) is 0 Å². The molecule has 0 unspecified atom stereocenters. The van der Waals surface area contributed by atoms with E-state index in [1.807, 2.05) is 25.1 Å². The van der Waals surface area contributed by atoms with Crippen molar-refractivity contribution in [2.75, 3.05) is 0 Å². The smallest absolute Gasteiger partial charge is 0.139 e. The number of nitrogens with zero attached hydrogens (tertiary/aromatic N) is 1. The van der Waals surface area contributed by atoms with Gasteiger partial charge in [-0.05, 0) is 41.1 Å². The molecule has 1 heterocycles. The summed E-state index contributed by atoms with van der Waals surface area (Å²) >= 11 is 6.68. The lowest BCUT2D eigenvalue weighted by Gasteiger charge is -2.01. The first-order valence-electron chi connectivity index (χ1n) is 5.66. The van der Waals surface area contributed by atoms with E-state index in [-0.39, 0.29) is 5.82 Å². The van der Waals surface area contributed by atoms with Crippen LogP contribution in [0, 0.1) is 12.7 Å². The van der Waals surface area contributed by atoms with Crippen LogP contribution in [0.5, 0.6) is 0 Å². The first kappa shape index (κ1) is 12.8. The van der Waals surface area contributed by atoms with Gasteiger partial charge in [-0.2, -0.15) is 0 Å². The van der Waals surface area contributed by atoms with Gasteiger partial charge >= 0.3 is 0 Å². The lowest BCUT2D eigenvalue weighted by Crippen LogP contribution is -1.83. The summed E-state index contributed by atoms with van der Waals surface area (Å²) in [5.41, 5.74) is 3.53. The monoisotopic (exact) mass is 382 g/mol. The van der Waals surface area contributed by atoms with Crippen molar-refractivity contribution in [1.82, 2.24) is 9.97 Å². The van der Waals surface area contributed by atoms with E-state index in [2.05, 4.69) is 41.8 Å². The molecule has 3 rings (SSSR count). The second kappa shape index (κ2) is 4.72. The summed E-state index contributed by atoms with van der Waals surface area (Å²) in [5.74, 6) is 0.425. The molecule has 1 N–H and O–H groups in total. The van der Waals surface area contributed by atoms with Crippen LogP contribution in [-0.2, 0) is 0 Å². The van der Waals surface area contributed by atoms with Crippen molar-refractivity contribution < 1.29 is 4.39 Å². The Kier molecular flexibility index (Phi) is 3.19. The number of aromatic amines is 1. The molecule has 0 atom stereocenters. The van der Waals surface area contributed by atoms with Crippen LogP contribution in [0.25, 0.3) is 22.4 Å². The van der Waals surface area contributed by atoms with Gasteiger partial charge in [0.15, 0.2) is 0 Å². The van der Waals surface area contributed by atoms with E-state index in [1.165, 1.54) is 6.07 Å². The van der Waals surface area contributed by atoms with Gasteiger partial charge in [0, 0.05) is 16.1 Å². The number of nitrogens with one attached hydrogen (secondary N) is 1. The average Bonchev–Trinajstić information content (AvgIpc) is 2.75. The Hall–Kier alpha value is -1.20. The Morgan fingerprint density at radius 3 is 2.68 bits per heavy atom. The highest BCUT2D eigenvalue weighted by molar-refractivity contribution is 9.10. The van der Waals surface area contributed by atoms with Crippen molar-refractivity contribution in [3.8, 4) is 11.4 Å². The second-order valence-corrected chi connectivity index (χ2v) is 6.06. The van der Waals surface area contributed by atoms with Crippen LogP contribution in [0.1, 0.15) is 5.56 Å². The summed E-state index contributed by atoms with van der Waals surface area (Å²) in [6.07, 6.45) is 0. The maximum Gasteiger partial charge on any atom is 0.139 e. The summed E-state index contributed by atoms with van der Waals surface area (Å²) in [4.78, 5) is 7.65. The maximum absolute atomic E-state index is 13.5. The molecule has 0 saturated carbocycles. The van der Waals surface area contributed by atoms with Gasteiger partial charge in [-0.1, -0.05) is 27.6 Å². The highest BCUT2D eigenvalue weighted by atomic mass is 79.9. The molecule has 19 heavy (non-hydrogen) atoms. The SMILES string of the molecule is Cc1ccc(Br)c(-c2nc3cc(Br)c(F)cc3[nH]2)c1. The van der Waals surface area contributed by atoms with Crippen molar-refractivity contribution in [2.24, 2.45) is 0 Å². The molecular weight excluding hydrogens is 375 g/mol. The van der Waals surface area contributed by atoms with Crippen molar-refractivity contribution in [3.05, 3.63) is 50.7 Å². The van der Waals surface area contributed by atoms with Gasteiger partial charge < -0.3 is 4.98 Å². The third-order valence-corrected chi connectivity index (χ3v) is 4.20. The molecule has 0 radical (unpaired) electrons. The third-order valence-electron chi connectivity index (χ3n) is 2.90. The molecule has 3 aromatic rings. The van der Waals surface area contributed by atoms with Gasteiger partial charge in [-0.25, -0.2) is 9.37 Å². The molecule has 5 heteroatoms. The summed E-state index contributed by atoms with van der Waals surface area (Å²) in [6, 6.07) is 9.15. The molecule has 0 amide bonds. The number of imidazole rings is 1. The minimum absolute atomic E-state index is 0.300. The van der Waals surface area contributed by atoms with Gasteiger partial charge in [0.1, 0.15) is 11.6 Å². The van der Waals surface area contributed by atoms with Crippen molar-refractivity contribution in [3.63, 3.8) is 0 Å². The Morgan fingerprint density at radius 1 is 1.11 bits per heavy atom. The summed E-state index contributed by atoms with van der Waals surface area (Å²) in [7, 11) is 0. The second-order valence-electron chi connectivity index (χ2n) is 4.35. The predicted molar refractivity (Wildman–Crippen MR) is 81.6 cm³/mol. The molecule has 2 aromatic carbocycles. The molecule has 96 valence electrons. The molecule has 0 bridgehead atoms. The summed E-state index contributed by atoms with van der Waals surface area (Å²) < 4.78 is 14.9. The average molecular weight is 384 g/mol. The topological polar surface area (TPSA) is 28.7 Å². The zero-order valence-electron chi connectivity index (χ0n) is 9.97. The quantitative estimate of drug-likeness (QED) is 0.614. The number of aromatic nitrogens is 2. The van der Waals surface area contributed by atoms with Crippen molar-refractivity contribution in [1.29, 1.82) is 0 Å². The van der Waals surface area contributed by atoms with Crippen LogP contribution in [0.2, 0.25) is 0 Å². The molecule has 0 aliphatic heterocycles. The number of halogens is 3. The van der Waals surface area contributed by atoms with Gasteiger partial charge in [0.25, 0.3) is 0 Å². The fourth-order valence-corrected chi connectivity index (χ4v) is 2.72. The van der Waals surface area contributed by atoms with Gasteiger partial charge in [0.05, 0.1) is 15.5 Å². The van der Waals surface area contributed by atoms with Gasteiger partial charge in [-0.15, -0.1) is 0 Å². The fourth-order valence-electron chi connectivity index (χ4n) is 1.95. The summed E-state index contributed by atoms with van der Waals surface area (Å²) in [6.45, 7) is 2.02. The summed E-state index contributed by atoms with van der Waals surface area (Å²) in [5, 5.41) is 0. The minimum Gasteiger partial charge on any atom is -0.338 e. The Balaban J connectivity index is 2.23. The normalized spacial score (nSPS) is 11.2. The minimum atomic E-state index is -0.300. The number of aryl methyl sites for hydroxylation is 1. The molecular formula is C14H9Br2FN2. The Labute approximate surface area is 126 Å². The lowest BCUT2D eigenvalue weighted by molar-refractivity contribution is 0.623. The van der Waals surface area contributed by atoms with Crippen LogP contribution in [0.4, 0.5) is 4.39 Å². The number of rotatable bonds is 1. The van der Waals surface area contributed by atoms with Gasteiger partial charge in [0.2, 0.25) is 0 Å². The molecule has 1 aromatic heterocycles. The fraction of sp³-hybridized carbons (Fsp3) is 0.0714. The molecule has 0 fully saturated rings. The van der Waals surface area contributed by atoms with Crippen LogP contribution < -0.4 is 0 Å². The van der Waals surface area contributed by atoms with Crippen LogP contribution >= 0.6 is 31.9 Å². The predicted octanol–water partition coefficient (Wildman–Crippen LogP) is 5.20. The number of fused-ring (bicyclic) bond motifs is 1. The Bertz CT molecular complexity index is 741. The molecule has 2 nitrogen and oxygen atoms in total. The highest BCUT2D eigenvalue weighted by Gasteiger charge is 2.11. The number of hydrogen-bond donors (Lipinski definition) is 1. The molecule has 0 spiro atoms.